The molecule has 1 atom stereocenters. The fourth-order valence-electron chi connectivity index (χ4n) is 2.64. The topological polar surface area (TPSA) is 90.1 Å². The van der Waals surface area contributed by atoms with Crippen molar-refractivity contribution in [1.82, 2.24) is 25.1 Å². The fraction of sp³-hybridized carbons (Fsp3) is 0.750. The number of aromatic nitrogens is 2. The SMILES string of the molecule is Cc1n[nH]c(C)c1S(=O)(=O)NCC(N1CCNCC1)C(F)(F)F.Cl. The zero-order chi connectivity index (χ0) is 17.3. The third kappa shape index (κ3) is 4.82. The molecule has 2 heterocycles. The maximum Gasteiger partial charge on any atom is 0.405 e. The molecule has 1 fully saturated rings. The Hall–Kier alpha value is -0.880. The van der Waals surface area contributed by atoms with Crippen molar-refractivity contribution in [2.24, 2.45) is 0 Å². The molecule has 0 bridgehead atoms. The Balaban J connectivity index is 0.00000288. The number of halogens is 4. The Morgan fingerprint density at radius 3 is 2.33 bits per heavy atom. The third-order valence-corrected chi connectivity index (χ3v) is 5.45. The molecule has 0 spiro atoms. The van der Waals surface area contributed by atoms with Gasteiger partial charge in [-0.25, -0.2) is 13.1 Å². The van der Waals surface area contributed by atoms with Crippen molar-refractivity contribution >= 4 is 22.4 Å². The summed E-state index contributed by atoms with van der Waals surface area (Å²) < 4.78 is 66.4. The molecule has 1 unspecified atom stereocenters. The van der Waals surface area contributed by atoms with E-state index in [-0.39, 0.29) is 36.1 Å². The Labute approximate surface area is 144 Å². The number of sulfonamides is 1. The zero-order valence-corrected chi connectivity index (χ0v) is 14.9. The molecule has 140 valence electrons. The van der Waals surface area contributed by atoms with E-state index in [0.29, 0.717) is 18.8 Å². The molecule has 0 saturated carbocycles. The molecular formula is C12H21ClF3N5O2S. The predicted molar refractivity (Wildman–Crippen MR) is 84.8 cm³/mol. The number of piperazine rings is 1. The predicted octanol–water partition coefficient (Wildman–Crippen LogP) is 0.563. The van der Waals surface area contributed by atoms with Crippen LogP contribution in [0.25, 0.3) is 0 Å². The van der Waals surface area contributed by atoms with Crippen LogP contribution in [-0.2, 0) is 10.0 Å². The Kier molecular flexibility index (Phi) is 7.05. The van der Waals surface area contributed by atoms with Crippen molar-refractivity contribution in [1.29, 1.82) is 0 Å². The Morgan fingerprint density at radius 1 is 1.29 bits per heavy atom. The van der Waals surface area contributed by atoms with Gasteiger partial charge in [-0.15, -0.1) is 12.4 Å². The normalized spacial score (nSPS) is 18.2. The summed E-state index contributed by atoms with van der Waals surface area (Å²) in [6.45, 7) is 3.58. The first-order valence-corrected chi connectivity index (χ1v) is 8.64. The number of hydrogen-bond acceptors (Lipinski definition) is 5. The van der Waals surface area contributed by atoms with Crippen LogP contribution in [-0.4, -0.2) is 68.5 Å². The highest BCUT2D eigenvalue weighted by molar-refractivity contribution is 7.89. The second kappa shape index (κ2) is 8.00. The van der Waals surface area contributed by atoms with Gasteiger partial charge in [-0.1, -0.05) is 0 Å². The molecule has 1 aromatic heterocycles. The van der Waals surface area contributed by atoms with Crippen LogP contribution in [0, 0.1) is 13.8 Å². The standard InChI is InChI=1S/C12H20F3N5O2S.ClH/c1-8-11(9(2)19-18-8)23(21,22)17-7-10(12(13,14)15)20-5-3-16-4-6-20;/h10,16-17H,3-7H2,1-2H3,(H,18,19);1H. The van der Waals surface area contributed by atoms with E-state index in [1.54, 1.807) is 0 Å². The average molecular weight is 392 g/mol. The molecule has 7 nitrogen and oxygen atoms in total. The summed E-state index contributed by atoms with van der Waals surface area (Å²) in [5.41, 5.74) is 0.515. The minimum atomic E-state index is -4.51. The van der Waals surface area contributed by atoms with E-state index in [1.807, 2.05) is 0 Å². The molecule has 12 heteroatoms. The summed E-state index contributed by atoms with van der Waals surface area (Å²) in [5.74, 6) is 0. The molecule has 2 rings (SSSR count). The second-order valence-electron chi connectivity index (χ2n) is 5.46. The number of H-pyrrole nitrogens is 1. The zero-order valence-electron chi connectivity index (χ0n) is 13.3. The van der Waals surface area contributed by atoms with Crippen LogP contribution in [0.2, 0.25) is 0 Å². The van der Waals surface area contributed by atoms with Crippen LogP contribution in [0.3, 0.4) is 0 Å². The van der Waals surface area contributed by atoms with Gasteiger partial charge in [0.15, 0.2) is 0 Å². The maximum atomic E-state index is 13.3. The second-order valence-corrected chi connectivity index (χ2v) is 7.16. The summed E-state index contributed by atoms with van der Waals surface area (Å²) >= 11 is 0. The molecule has 0 radical (unpaired) electrons. The monoisotopic (exact) mass is 391 g/mol. The van der Waals surface area contributed by atoms with E-state index in [1.165, 1.54) is 18.7 Å². The van der Waals surface area contributed by atoms with E-state index in [0.717, 1.165) is 0 Å². The highest BCUT2D eigenvalue weighted by atomic mass is 35.5. The first kappa shape index (κ1) is 21.2. The van der Waals surface area contributed by atoms with Crippen LogP contribution >= 0.6 is 12.4 Å². The number of alkyl halides is 3. The van der Waals surface area contributed by atoms with Crippen LogP contribution in [0.4, 0.5) is 13.2 Å². The number of nitrogens with one attached hydrogen (secondary N) is 3. The van der Waals surface area contributed by atoms with E-state index in [2.05, 4.69) is 20.2 Å². The summed E-state index contributed by atoms with van der Waals surface area (Å²) in [6.07, 6.45) is -4.51. The first-order valence-electron chi connectivity index (χ1n) is 7.15. The lowest BCUT2D eigenvalue weighted by Crippen LogP contribution is -2.57. The van der Waals surface area contributed by atoms with Crippen LogP contribution < -0.4 is 10.0 Å². The van der Waals surface area contributed by atoms with Crippen LogP contribution in [0.15, 0.2) is 4.90 Å². The van der Waals surface area contributed by atoms with E-state index in [4.69, 9.17) is 0 Å². The van der Waals surface area contributed by atoms with Gasteiger partial charge in [-0.3, -0.25) is 10.00 Å². The van der Waals surface area contributed by atoms with Crippen molar-refractivity contribution in [3.05, 3.63) is 11.4 Å². The Bertz CT molecular complexity index is 624. The average Bonchev–Trinajstić information content (AvgIpc) is 2.78. The van der Waals surface area contributed by atoms with Crippen LogP contribution in [0.1, 0.15) is 11.4 Å². The molecule has 1 aromatic rings. The number of nitrogens with zero attached hydrogens (tertiary/aromatic N) is 2. The summed E-state index contributed by atoms with van der Waals surface area (Å²) in [5, 5.41) is 9.25. The van der Waals surface area contributed by atoms with Crippen molar-refractivity contribution in [3.63, 3.8) is 0 Å². The van der Waals surface area contributed by atoms with E-state index >= 15 is 0 Å². The van der Waals surface area contributed by atoms with Gasteiger partial charge in [-0.2, -0.15) is 18.3 Å². The lowest BCUT2D eigenvalue weighted by atomic mass is 10.2. The van der Waals surface area contributed by atoms with E-state index in [9.17, 15) is 21.6 Å². The van der Waals surface area contributed by atoms with Crippen LogP contribution in [0.5, 0.6) is 0 Å². The molecule has 1 aliphatic heterocycles. The minimum absolute atomic E-state index is 0. The van der Waals surface area contributed by atoms with Gasteiger partial charge in [0.2, 0.25) is 10.0 Å². The van der Waals surface area contributed by atoms with Crippen molar-refractivity contribution in [3.8, 4) is 0 Å². The molecule has 1 aliphatic rings. The van der Waals surface area contributed by atoms with Crippen molar-refractivity contribution < 1.29 is 21.6 Å². The summed E-state index contributed by atoms with van der Waals surface area (Å²) in [6, 6.07) is -1.85. The quantitative estimate of drug-likeness (QED) is 0.682. The number of hydrogen-bond donors (Lipinski definition) is 3. The lowest BCUT2D eigenvalue weighted by molar-refractivity contribution is -0.182. The van der Waals surface area contributed by atoms with Gasteiger partial charge in [0, 0.05) is 32.7 Å². The minimum Gasteiger partial charge on any atom is -0.314 e. The van der Waals surface area contributed by atoms with Gasteiger partial charge in [0.25, 0.3) is 0 Å². The molecule has 0 amide bonds. The molecule has 3 N–H and O–H groups in total. The number of rotatable bonds is 5. The van der Waals surface area contributed by atoms with Gasteiger partial charge < -0.3 is 5.32 Å². The molecular weight excluding hydrogens is 371 g/mol. The molecule has 1 saturated heterocycles. The largest absolute Gasteiger partial charge is 0.405 e. The lowest BCUT2D eigenvalue weighted by Gasteiger charge is -2.35. The van der Waals surface area contributed by atoms with Gasteiger partial charge in [0.1, 0.15) is 10.9 Å². The highest BCUT2D eigenvalue weighted by Gasteiger charge is 2.44. The molecule has 24 heavy (non-hydrogen) atoms. The summed E-state index contributed by atoms with van der Waals surface area (Å²) in [4.78, 5) is 1.15. The highest BCUT2D eigenvalue weighted by Crippen LogP contribution is 2.25. The van der Waals surface area contributed by atoms with Gasteiger partial charge in [0.05, 0.1) is 11.4 Å². The van der Waals surface area contributed by atoms with E-state index < -0.39 is 28.8 Å². The van der Waals surface area contributed by atoms with Gasteiger partial charge >= 0.3 is 6.18 Å². The smallest absolute Gasteiger partial charge is 0.314 e. The molecule has 0 aromatic carbocycles. The van der Waals surface area contributed by atoms with Crippen molar-refractivity contribution in [2.45, 2.75) is 31.0 Å². The van der Waals surface area contributed by atoms with Gasteiger partial charge in [-0.05, 0) is 13.8 Å². The first-order chi connectivity index (χ1) is 10.6. The number of aromatic amines is 1. The fourth-order valence-corrected chi connectivity index (χ4v) is 4.05. The summed E-state index contributed by atoms with van der Waals surface area (Å²) in [7, 11) is -4.06. The molecule has 0 aliphatic carbocycles. The number of aryl methyl sites for hydroxylation is 2. The maximum absolute atomic E-state index is 13.3. The van der Waals surface area contributed by atoms with Crippen molar-refractivity contribution in [2.75, 3.05) is 32.7 Å². The third-order valence-electron chi connectivity index (χ3n) is 3.77. The Morgan fingerprint density at radius 2 is 1.88 bits per heavy atom.